The average molecular weight is 470 g/mol. The number of para-hydroxylation sites is 2. The van der Waals surface area contributed by atoms with Crippen LogP contribution in [0.3, 0.4) is 0 Å². The summed E-state index contributed by atoms with van der Waals surface area (Å²) in [5, 5.41) is 7.18. The Morgan fingerprint density at radius 1 is 0.935 bits per heavy atom. The monoisotopic (exact) mass is 470 g/mol. The quantitative estimate of drug-likeness (QED) is 0.163. The molecular formula is C16H19N6O7PS. The molecule has 0 spiro atoms. The van der Waals surface area contributed by atoms with Crippen molar-refractivity contribution in [2.24, 2.45) is 10.2 Å². The first-order valence-corrected chi connectivity index (χ1v) is 11.2. The molecule has 0 atom stereocenters. The van der Waals surface area contributed by atoms with E-state index in [0.29, 0.717) is 23.0 Å². The summed E-state index contributed by atoms with van der Waals surface area (Å²) in [5.74, 6) is 0.477. The van der Waals surface area contributed by atoms with Gasteiger partial charge in [-0.1, -0.05) is 22.4 Å². The van der Waals surface area contributed by atoms with E-state index in [1.807, 2.05) is 0 Å². The fraction of sp³-hybridized carbons (Fsp3) is 0.250. The molecule has 0 saturated heterocycles. The summed E-state index contributed by atoms with van der Waals surface area (Å²) < 4.78 is 33.2. The number of phosphoric acid groups is 1. The van der Waals surface area contributed by atoms with E-state index in [1.165, 1.54) is 0 Å². The van der Waals surface area contributed by atoms with Crippen molar-refractivity contribution in [1.82, 2.24) is 0 Å². The Morgan fingerprint density at radius 2 is 1.29 bits per heavy atom. The minimum Gasteiger partial charge on any atom is -0.606 e. The zero-order valence-corrected chi connectivity index (χ0v) is 18.1. The first-order chi connectivity index (χ1) is 14.7. The van der Waals surface area contributed by atoms with Crippen LogP contribution in [0.25, 0.3) is 20.9 Å². The summed E-state index contributed by atoms with van der Waals surface area (Å²) in [5.41, 5.74) is 17.9. The zero-order chi connectivity index (χ0) is 23.4. The third-order valence-corrected chi connectivity index (χ3v) is 4.64. The molecule has 0 radical (unpaired) electrons. The van der Waals surface area contributed by atoms with Gasteiger partial charge in [-0.25, -0.2) is 4.57 Å². The second-order valence-electron chi connectivity index (χ2n) is 5.24. The Balaban J connectivity index is 0.000000861. The molecule has 2 rings (SSSR count). The smallest absolute Gasteiger partial charge is 0.466 e. The fourth-order valence-corrected chi connectivity index (χ4v) is 3.56. The van der Waals surface area contributed by atoms with Gasteiger partial charge in [0.15, 0.2) is 11.5 Å². The van der Waals surface area contributed by atoms with Crippen molar-refractivity contribution in [3.05, 3.63) is 57.3 Å². The molecule has 13 nitrogen and oxygen atoms in total. The van der Waals surface area contributed by atoms with Crippen LogP contribution in [0.1, 0.15) is 13.8 Å². The lowest BCUT2D eigenvalue weighted by Crippen LogP contribution is -2.08. The van der Waals surface area contributed by atoms with E-state index in [-0.39, 0.29) is 22.9 Å². The van der Waals surface area contributed by atoms with Gasteiger partial charge in [0.2, 0.25) is 9.79 Å². The van der Waals surface area contributed by atoms with Gasteiger partial charge < -0.3 is 28.7 Å². The van der Waals surface area contributed by atoms with Gasteiger partial charge in [-0.15, -0.1) is 0 Å². The van der Waals surface area contributed by atoms with Crippen LogP contribution in [-0.2, 0) is 15.7 Å². The highest BCUT2D eigenvalue weighted by molar-refractivity contribution is 7.91. The van der Waals surface area contributed by atoms with Crippen LogP contribution in [-0.4, -0.2) is 32.4 Å². The second kappa shape index (κ2) is 12.7. The number of nitrogens with zero attached hydrogens (tertiary/aromatic N) is 6. The topological polar surface area (TPSA) is 217 Å². The molecule has 0 amide bonds. The van der Waals surface area contributed by atoms with Crippen LogP contribution in [0.2, 0.25) is 0 Å². The van der Waals surface area contributed by atoms with Crippen LogP contribution in [0, 0.1) is 0 Å². The van der Waals surface area contributed by atoms with Crippen molar-refractivity contribution in [3.63, 3.8) is 0 Å². The van der Waals surface area contributed by atoms with Gasteiger partial charge >= 0.3 is 7.82 Å². The predicted molar refractivity (Wildman–Crippen MR) is 112 cm³/mol. The standard InChI is InChI=1S/C16H16N6O3S.H3O4P/c1-3-24-15-11(19-21-17)7-5-9-13(15)26(23)14-10-6-8-12(20-22-18)16(14)25-4-2;1-5(2,3)4/h5-10H,3-4H2,1-2H3;(H3,1,2,3,4). The van der Waals surface area contributed by atoms with Crippen LogP contribution in [0.15, 0.2) is 56.4 Å². The number of ether oxygens (including phenoxy) is 2. The Kier molecular flexibility index (Phi) is 10.7. The summed E-state index contributed by atoms with van der Waals surface area (Å²) in [6.07, 6.45) is 0. The van der Waals surface area contributed by atoms with Gasteiger partial charge in [0, 0.05) is 21.0 Å². The van der Waals surface area contributed by atoms with Crippen molar-refractivity contribution in [3.8, 4) is 11.5 Å². The van der Waals surface area contributed by atoms with Crippen LogP contribution < -0.4 is 9.47 Å². The normalized spacial score (nSPS) is 11.2. The van der Waals surface area contributed by atoms with Crippen LogP contribution in [0.5, 0.6) is 11.5 Å². The molecule has 0 fully saturated rings. The van der Waals surface area contributed by atoms with Crippen LogP contribution in [0.4, 0.5) is 11.4 Å². The lowest BCUT2D eigenvalue weighted by Gasteiger charge is -2.18. The molecule has 0 heterocycles. The van der Waals surface area contributed by atoms with E-state index in [1.54, 1.807) is 50.2 Å². The first kappa shape index (κ1) is 26.1. The summed E-state index contributed by atoms with van der Waals surface area (Å²) in [4.78, 5) is 27.8. The summed E-state index contributed by atoms with van der Waals surface area (Å²) in [7, 11) is -4.64. The lowest BCUT2D eigenvalue weighted by molar-refractivity contribution is 0.275. The second-order valence-corrected chi connectivity index (χ2v) is 7.68. The van der Waals surface area contributed by atoms with Gasteiger partial charge in [-0.3, -0.25) is 0 Å². The number of azide groups is 2. The minimum absolute atomic E-state index is 0.239. The number of benzene rings is 2. The molecule has 0 aliphatic rings. The van der Waals surface area contributed by atoms with Crippen LogP contribution >= 0.6 is 7.82 Å². The fourth-order valence-electron chi connectivity index (χ4n) is 2.25. The van der Waals surface area contributed by atoms with Gasteiger partial charge in [-0.2, -0.15) is 0 Å². The number of hydrogen-bond acceptors (Lipinski definition) is 6. The van der Waals surface area contributed by atoms with Gasteiger partial charge in [0.1, 0.15) is 0 Å². The van der Waals surface area contributed by atoms with Crippen molar-refractivity contribution in [1.29, 1.82) is 0 Å². The Labute approximate surface area is 179 Å². The predicted octanol–water partition coefficient (Wildman–Crippen LogP) is 4.61. The third kappa shape index (κ3) is 8.38. The van der Waals surface area contributed by atoms with Gasteiger partial charge in [0.25, 0.3) is 0 Å². The summed E-state index contributed by atoms with van der Waals surface area (Å²) in [6.45, 7) is 4.15. The molecular weight excluding hydrogens is 451 g/mol. The van der Waals surface area contributed by atoms with E-state index < -0.39 is 19.0 Å². The minimum atomic E-state index is -4.64. The molecule has 0 saturated carbocycles. The Bertz CT molecular complexity index is 957. The van der Waals surface area contributed by atoms with E-state index in [9.17, 15) is 4.55 Å². The molecule has 15 heteroatoms. The molecule has 31 heavy (non-hydrogen) atoms. The molecule has 0 aliphatic carbocycles. The molecule has 0 aromatic heterocycles. The highest BCUT2D eigenvalue weighted by Crippen LogP contribution is 2.42. The number of hydrogen-bond donors (Lipinski definition) is 3. The average Bonchev–Trinajstić information content (AvgIpc) is 2.69. The molecule has 2 aromatic rings. The Morgan fingerprint density at radius 3 is 1.58 bits per heavy atom. The molecule has 0 aliphatic heterocycles. The van der Waals surface area contributed by atoms with Crippen molar-refractivity contribution in [2.75, 3.05) is 13.2 Å². The maximum atomic E-state index is 13.2. The lowest BCUT2D eigenvalue weighted by atomic mass is 10.3. The van der Waals surface area contributed by atoms with Crippen molar-refractivity contribution < 1.29 is 33.3 Å². The van der Waals surface area contributed by atoms with E-state index in [4.69, 9.17) is 39.8 Å². The molecule has 2 aromatic carbocycles. The largest absolute Gasteiger partial charge is 0.606 e. The molecule has 0 bridgehead atoms. The molecule has 166 valence electrons. The highest BCUT2D eigenvalue weighted by Gasteiger charge is 2.27. The van der Waals surface area contributed by atoms with Gasteiger partial charge in [0.05, 0.1) is 24.6 Å². The van der Waals surface area contributed by atoms with E-state index in [2.05, 4.69) is 20.1 Å². The van der Waals surface area contributed by atoms with E-state index in [0.717, 1.165) is 0 Å². The van der Waals surface area contributed by atoms with E-state index >= 15 is 0 Å². The van der Waals surface area contributed by atoms with Gasteiger partial charge in [-0.05, 0) is 49.2 Å². The maximum Gasteiger partial charge on any atom is 0.466 e. The molecule has 0 unspecified atom stereocenters. The highest BCUT2D eigenvalue weighted by atomic mass is 32.2. The SMILES string of the molecule is CCOc1c(N=[N+]=[N-])cccc1[S+]([O-])c1cccc(N=[N+]=[N-])c1OCC.O=P(O)(O)O. The van der Waals surface area contributed by atoms with Crippen molar-refractivity contribution in [2.45, 2.75) is 23.6 Å². The third-order valence-electron chi connectivity index (χ3n) is 3.20. The first-order valence-electron chi connectivity index (χ1n) is 8.49. The summed E-state index contributed by atoms with van der Waals surface area (Å²) >= 11 is -1.72. The maximum absolute atomic E-state index is 13.2. The zero-order valence-electron chi connectivity index (χ0n) is 16.4. The molecule has 3 N–H and O–H groups in total. The number of rotatable bonds is 8. The Hall–Kier alpha value is -2.92. The van der Waals surface area contributed by atoms with Crippen molar-refractivity contribution >= 4 is 30.4 Å². The summed E-state index contributed by atoms with van der Waals surface area (Å²) in [6, 6.07) is 9.63.